The Kier molecular flexibility index (Phi) is 4.51. The molecule has 1 saturated heterocycles. The SMILES string of the molecule is C[NH+](C)CCCNC1CS(=O)(=O)CC1O. The Hall–Kier alpha value is -0.170. The fourth-order valence-corrected chi connectivity index (χ4v) is 3.53. The number of sulfone groups is 1. The summed E-state index contributed by atoms with van der Waals surface area (Å²) in [4.78, 5) is 1.37. The van der Waals surface area contributed by atoms with E-state index in [-0.39, 0.29) is 17.5 Å². The zero-order chi connectivity index (χ0) is 11.5. The van der Waals surface area contributed by atoms with Gasteiger partial charge in [0.25, 0.3) is 0 Å². The number of rotatable bonds is 5. The molecule has 0 aromatic carbocycles. The standard InChI is InChI=1S/C9H20N2O3S/c1-11(2)5-3-4-10-8-6-15(13,14)7-9(8)12/h8-10,12H,3-7H2,1-2H3/p+1. The summed E-state index contributed by atoms with van der Waals surface area (Å²) in [6.45, 7) is 1.81. The zero-order valence-electron chi connectivity index (χ0n) is 9.36. The van der Waals surface area contributed by atoms with Crippen molar-refractivity contribution in [3.05, 3.63) is 0 Å². The molecule has 1 aliphatic heterocycles. The van der Waals surface area contributed by atoms with Crippen LogP contribution >= 0.6 is 0 Å². The van der Waals surface area contributed by atoms with Gasteiger partial charge in [0.05, 0.1) is 38.2 Å². The lowest BCUT2D eigenvalue weighted by molar-refractivity contribution is -0.858. The number of aliphatic hydroxyl groups excluding tert-OH is 1. The van der Waals surface area contributed by atoms with Gasteiger partial charge in [0.15, 0.2) is 9.84 Å². The highest BCUT2D eigenvalue weighted by Gasteiger charge is 2.35. The maximum Gasteiger partial charge on any atom is 0.154 e. The molecule has 1 fully saturated rings. The third-order valence-corrected chi connectivity index (χ3v) is 4.30. The molecule has 90 valence electrons. The average molecular weight is 237 g/mol. The molecule has 5 nitrogen and oxygen atoms in total. The summed E-state index contributed by atoms with van der Waals surface area (Å²) in [5.74, 6) is -0.0212. The van der Waals surface area contributed by atoms with Gasteiger partial charge in [-0.15, -0.1) is 0 Å². The first-order valence-corrected chi connectivity index (χ1v) is 7.14. The number of nitrogens with one attached hydrogen (secondary N) is 2. The number of hydrogen-bond acceptors (Lipinski definition) is 4. The van der Waals surface area contributed by atoms with E-state index >= 15 is 0 Å². The molecule has 0 aromatic rings. The largest absolute Gasteiger partial charge is 0.390 e. The summed E-state index contributed by atoms with van der Waals surface area (Å²) in [5, 5.41) is 12.6. The minimum Gasteiger partial charge on any atom is -0.390 e. The quantitative estimate of drug-likeness (QED) is 0.454. The summed E-state index contributed by atoms with van der Waals surface area (Å²) >= 11 is 0. The highest BCUT2D eigenvalue weighted by molar-refractivity contribution is 7.91. The van der Waals surface area contributed by atoms with Gasteiger partial charge in [-0.3, -0.25) is 0 Å². The van der Waals surface area contributed by atoms with Crippen LogP contribution in [0.3, 0.4) is 0 Å². The Morgan fingerprint density at radius 3 is 2.53 bits per heavy atom. The lowest BCUT2D eigenvalue weighted by Gasteiger charge is -2.15. The van der Waals surface area contributed by atoms with E-state index in [1.54, 1.807) is 0 Å². The van der Waals surface area contributed by atoms with Gasteiger partial charge in [0, 0.05) is 19.0 Å². The Bertz CT molecular complexity index is 290. The van der Waals surface area contributed by atoms with E-state index in [0.29, 0.717) is 0 Å². The molecule has 3 N–H and O–H groups in total. The van der Waals surface area contributed by atoms with Crippen LogP contribution in [0.1, 0.15) is 6.42 Å². The Morgan fingerprint density at radius 1 is 1.40 bits per heavy atom. The summed E-state index contributed by atoms with van der Waals surface area (Å²) in [6, 6.07) is -0.271. The van der Waals surface area contributed by atoms with Gasteiger partial charge in [-0.2, -0.15) is 0 Å². The molecule has 1 heterocycles. The predicted molar refractivity (Wildman–Crippen MR) is 58.7 cm³/mol. The summed E-state index contributed by atoms with van der Waals surface area (Å²) in [7, 11) is 1.14. The molecular weight excluding hydrogens is 216 g/mol. The van der Waals surface area contributed by atoms with Gasteiger partial charge in [-0.1, -0.05) is 0 Å². The van der Waals surface area contributed by atoms with Crippen LogP contribution in [-0.2, 0) is 9.84 Å². The van der Waals surface area contributed by atoms with Gasteiger partial charge in [-0.25, -0.2) is 8.42 Å². The number of quaternary nitrogens is 1. The zero-order valence-corrected chi connectivity index (χ0v) is 10.2. The van der Waals surface area contributed by atoms with Crippen molar-refractivity contribution in [2.24, 2.45) is 0 Å². The average Bonchev–Trinajstić information content (AvgIpc) is 2.33. The second-order valence-corrected chi connectivity index (χ2v) is 6.67. The normalized spacial score (nSPS) is 29.9. The topological polar surface area (TPSA) is 70.8 Å². The van der Waals surface area contributed by atoms with E-state index < -0.39 is 15.9 Å². The maximum atomic E-state index is 11.2. The lowest BCUT2D eigenvalue weighted by Crippen LogP contribution is -3.05. The summed E-state index contributed by atoms with van der Waals surface area (Å²) < 4.78 is 22.4. The third-order valence-electron chi connectivity index (χ3n) is 2.58. The van der Waals surface area contributed by atoms with Crippen LogP contribution < -0.4 is 10.2 Å². The van der Waals surface area contributed by atoms with E-state index in [4.69, 9.17) is 0 Å². The molecular formula is C9H21N2O3S+. The van der Waals surface area contributed by atoms with Gasteiger partial charge in [0.2, 0.25) is 0 Å². The first kappa shape index (κ1) is 12.9. The molecule has 15 heavy (non-hydrogen) atoms. The Balaban J connectivity index is 2.23. The number of hydrogen-bond donors (Lipinski definition) is 3. The minimum atomic E-state index is -3.02. The first-order chi connectivity index (χ1) is 6.91. The lowest BCUT2D eigenvalue weighted by atomic mass is 10.2. The van der Waals surface area contributed by atoms with Crippen LogP contribution in [-0.4, -0.2) is 64.4 Å². The Labute approximate surface area is 91.4 Å². The van der Waals surface area contributed by atoms with Gasteiger partial charge < -0.3 is 15.3 Å². The molecule has 0 radical (unpaired) electrons. The van der Waals surface area contributed by atoms with Crippen molar-refractivity contribution in [3.63, 3.8) is 0 Å². The predicted octanol–water partition coefficient (Wildman–Crippen LogP) is -2.73. The molecule has 0 spiro atoms. The monoisotopic (exact) mass is 237 g/mol. The van der Waals surface area contributed by atoms with Gasteiger partial charge in [-0.05, 0) is 0 Å². The molecule has 0 bridgehead atoms. The van der Waals surface area contributed by atoms with Crippen molar-refractivity contribution in [1.82, 2.24) is 5.32 Å². The highest BCUT2D eigenvalue weighted by atomic mass is 32.2. The van der Waals surface area contributed by atoms with E-state index in [9.17, 15) is 13.5 Å². The van der Waals surface area contributed by atoms with Crippen molar-refractivity contribution in [2.75, 3.05) is 38.7 Å². The third kappa shape index (κ3) is 4.46. The summed E-state index contributed by atoms with van der Waals surface area (Å²) in [6.07, 6.45) is 0.257. The van der Waals surface area contributed by atoms with Gasteiger partial charge >= 0.3 is 0 Å². The smallest absolute Gasteiger partial charge is 0.154 e. The van der Waals surface area contributed by atoms with Crippen LogP contribution in [0.4, 0.5) is 0 Å². The Morgan fingerprint density at radius 2 is 2.07 bits per heavy atom. The van der Waals surface area contributed by atoms with Crippen LogP contribution in [0.2, 0.25) is 0 Å². The van der Waals surface area contributed by atoms with Crippen LogP contribution in [0, 0.1) is 0 Å². The molecule has 1 aliphatic rings. The molecule has 0 amide bonds. The van der Waals surface area contributed by atoms with E-state index in [0.717, 1.165) is 19.5 Å². The van der Waals surface area contributed by atoms with Crippen molar-refractivity contribution >= 4 is 9.84 Å². The number of aliphatic hydroxyl groups is 1. The van der Waals surface area contributed by atoms with E-state index in [1.165, 1.54) is 4.90 Å². The molecule has 0 aromatic heterocycles. The second kappa shape index (κ2) is 5.25. The van der Waals surface area contributed by atoms with Crippen molar-refractivity contribution < 1.29 is 18.4 Å². The van der Waals surface area contributed by atoms with Crippen molar-refractivity contribution in [3.8, 4) is 0 Å². The van der Waals surface area contributed by atoms with Crippen molar-refractivity contribution in [1.29, 1.82) is 0 Å². The maximum absolute atomic E-state index is 11.2. The minimum absolute atomic E-state index is 0.0724. The summed E-state index contributed by atoms with van der Waals surface area (Å²) in [5.41, 5.74) is 0. The van der Waals surface area contributed by atoms with E-state index in [2.05, 4.69) is 19.4 Å². The molecule has 0 aliphatic carbocycles. The second-order valence-electron chi connectivity index (χ2n) is 4.52. The fourth-order valence-electron chi connectivity index (χ4n) is 1.75. The van der Waals surface area contributed by atoms with E-state index in [1.807, 2.05) is 0 Å². The molecule has 6 heteroatoms. The van der Waals surface area contributed by atoms with Crippen LogP contribution in [0.5, 0.6) is 0 Å². The fraction of sp³-hybridized carbons (Fsp3) is 1.00. The molecule has 2 unspecified atom stereocenters. The first-order valence-electron chi connectivity index (χ1n) is 5.31. The molecule has 1 rings (SSSR count). The molecule has 2 atom stereocenters. The van der Waals surface area contributed by atoms with Gasteiger partial charge in [0.1, 0.15) is 0 Å². The molecule has 0 saturated carbocycles. The van der Waals surface area contributed by atoms with Crippen LogP contribution in [0.25, 0.3) is 0 Å². The van der Waals surface area contributed by atoms with Crippen molar-refractivity contribution in [2.45, 2.75) is 18.6 Å². The van der Waals surface area contributed by atoms with Crippen LogP contribution in [0.15, 0.2) is 0 Å². The highest BCUT2D eigenvalue weighted by Crippen LogP contribution is 2.11.